The number of ether oxygens (including phenoxy) is 1. The molecule has 3 N–H and O–H groups in total. The zero-order chi connectivity index (χ0) is 9.52. The van der Waals surface area contributed by atoms with Crippen LogP contribution in [-0.2, 0) is 11.3 Å². The van der Waals surface area contributed by atoms with Crippen LogP contribution < -0.4 is 5.73 Å². The molecule has 0 bridgehead atoms. The van der Waals surface area contributed by atoms with Gasteiger partial charge in [-0.15, -0.1) is 12.4 Å². The molecule has 0 aliphatic heterocycles. The van der Waals surface area contributed by atoms with Crippen molar-refractivity contribution in [3.05, 3.63) is 35.9 Å². The molecular weight excluding hydrogens is 202 g/mol. The molecule has 0 saturated heterocycles. The van der Waals surface area contributed by atoms with E-state index in [-0.39, 0.29) is 25.1 Å². The summed E-state index contributed by atoms with van der Waals surface area (Å²) in [5.41, 5.74) is 6.58. The molecule has 1 aromatic carbocycles. The Morgan fingerprint density at radius 3 is 2.50 bits per heavy atom. The van der Waals surface area contributed by atoms with Crippen molar-refractivity contribution in [2.24, 2.45) is 5.73 Å². The molecule has 0 unspecified atom stereocenters. The second-order valence-electron chi connectivity index (χ2n) is 2.94. The highest BCUT2D eigenvalue weighted by molar-refractivity contribution is 5.85. The largest absolute Gasteiger partial charge is 0.395 e. The minimum Gasteiger partial charge on any atom is -0.395 e. The van der Waals surface area contributed by atoms with Gasteiger partial charge in [-0.2, -0.15) is 0 Å². The third-order valence-electron chi connectivity index (χ3n) is 1.68. The van der Waals surface area contributed by atoms with Crippen LogP contribution in [0.1, 0.15) is 5.56 Å². The van der Waals surface area contributed by atoms with Crippen molar-refractivity contribution in [1.29, 1.82) is 0 Å². The third kappa shape index (κ3) is 5.19. The van der Waals surface area contributed by atoms with Gasteiger partial charge in [-0.05, 0) is 5.56 Å². The summed E-state index contributed by atoms with van der Waals surface area (Å²) >= 11 is 0. The first kappa shape index (κ1) is 13.4. The third-order valence-corrected chi connectivity index (χ3v) is 1.68. The smallest absolute Gasteiger partial charge is 0.0717 e. The number of aliphatic hydroxyl groups excluding tert-OH is 1. The first-order valence-corrected chi connectivity index (χ1v) is 4.31. The quantitative estimate of drug-likeness (QED) is 0.772. The Morgan fingerprint density at radius 2 is 1.93 bits per heavy atom. The maximum absolute atomic E-state index is 8.63. The highest BCUT2D eigenvalue weighted by Gasteiger charge is 1.99. The summed E-state index contributed by atoms with van der Waals surface area (Å²) in [5.74, 6) is 0. The normalized spacial score (nSPS) is 11.9. The Bertz CT molecular complexity index is 231. The lowest BCUT2D eigenvalue weighted by Gasteiger charge is -2.08. The molecule has 0 spiro atoms. The van der Waals surface area contributed by atoms with E-state index in [1.807, 2.05) is 30.3 Å². The number of nitrogens with two attached hydrogens (primary N) is 1. The summed E-state index contributed by atoms with van der Waals surface area (Å²) in [5, 5.41) is 8.63. The molecule has 3 nitrogen and oxygen atoms in total. The van der Waals surface area contributed by atoms with E-state index in [1.165, 1.54) is 0 Å². The highest BCUT2D eigenvalue weighted by Crippen LogP contribution is 2.00. The molecule has 0 heterocycles. The van der Waals surface area contributed by atoms with Crippen molar-refractivity contribution in [2.45, 2.75) is 12.6 Å². The minimum absolute atomic E-state index is 0. The Kier molecular flexibility index (Phi) is 7.42. The molecule has 1 atom stereocenters. The molecule has 1 rings (SSSR count). The van der Waals surface area contributed by atoms with Gasteiger partial charge in [0.05, 0.1) is 25.9 Å². The first-order valence-electron chi connectivity index (χ1n) is 4.31. The number of hydrogen-bond donors (Lipinski definition) is 2. The lowest BCUT2D eigenvalue weighted by molar-refractivity contribution is 0.0899. The number of halogens is 1. The van der Waals surface area contributed by atoms with Gasteiger partial charge in [0.2, 0.25) is 0 Å². The van der Waals surface area contributed by atoms with Gasteiger partial charge in [-0.1, -0.05) is 30.3 Å². The van der Waals surface area contributed by atoms with Crippen molar-refractivity contribution >= 4 is 12.4 Å². The summed E-state index contributed by atoms with van der Waals surface area (Å²) in [6, 6.07) is 9.59. The highest BCUT2D eigenvalue weighted by atomic mass is 35.5. The van der Waals surface area contributed by atoms with Gasteiger partial charge in [-0.3, -0.25) is 0 Å². The van der Waals surface area contributed by atoms with Gasteiger partial charge in [0, 0.05) is 0 Å². The first-order chi connectivity index (χ1) is 6.33. The average molecular weight is 218 g/mol. The van der Waals surface area contributed by atoms with Gasteiger partial charge >= 0.3 is 0 Å². The number of hydrogen-bond acceptors (Lipinski definition) is 3. The standard InChI is InChI=1S/C10H15NO2.ClH/c11-10(6-12)8-13-7-9-4-2-1-3-5-9;/h1-5,10,12H,6-8,11H2;1H/t10-;/m0./s1. The van der Waals surface area contributed by atoms with E-state index in [2.05, 4.69) is 0 Å². The van der Waals surface area contributed by atoms with E-state index < -0.39 is 0 Å². The molecule has 0 aliphatic rings. The average Bonchev–Trinajstić information content (AvgIpc) is 2.19. The van der Waals surface area contributed by atoms with Crippen molar-refractivity contribution in [1.82, 2.24) is 0 Å². The Hall–Kier alpha value is -0.610. The lowest BCUT2D eigenvalue weighted by atomic mass is 10.2. The maximum atomic E-state index is 8.63. The molecule has 0 radical (unpaired) electrons. The van der Waals surface area contributed by atoms with Gasteiger partial charge < -0.3 is 15.6 Å². The molecule has 4 heteroatoms. The Morgan fingerprint density at radius 1 is 1.29 bits per heavy atom. The summed E-state index contributed by atoms with van der Waals surface area (Å²) in [7, 11) is 0. The van der Waals surface area contributed by atoms with Crippen molar-refractivity contribution in [3.8, 4) is 0 Å². The van der Waals surface area contributed by atoms with Gasteiger partial charge in [0.1, 0.15) is 0 Å². The molecule has 0 aromatic heterocycles. The monoisotopic (exact) mass is 217 g/mol. The minimum atomic E-state index is -0.274. The predicted molar refractivity (Wildman–Crippen MR) is 58.4 cm³/mol. The Labute approximate surface area is 90.3 Å². The van der Waals surface area contributed by atoms with Gasteiger partial charge in [0.25, 0.3) is 0 Å². The molecule has 0 saturated carbocycles. The van der Waals surface area contributed by atoms with Gasteiger partial charge in [-0.25, -0.2) is 0 Å². The Balaban J connectivity index is 0.00000169. The van der Waals surface area contributed by atoms with Crippen LogP contribution in [0.3, 0.4) is 0 Å². The summed E-state index contributed by atoms with van der Waals surface area (Å²) in [4.78, 5) is 0. The van der Waals surface area contributed by atoms with Crippen molar-refractivity contribution in [3.63, 3.8) is 0 Å². The second kappa shape index (κ2) is 7.76. The fraction of sp³-hybridized carbons (Fsp3) is 0.400. The molecule has 1 aromatic rings. The number of benzene rings is 1. The van der Waals surface area contributed by atoms with E-state index in [1.54, 1.807) is 0 Å². The number of aliphatic hydroxyl groups is 1. The maximum Gasteiger partial charge on any atom is 0.0717 e. The van der Waals surface area contributed by atoms with Crippen LogP contribution in [0, 0.1) is 0 Å². The van der Waals surface area contributed by atoms with Crippen LogP contribution in [0.25, 0.3) is 0 Å². The van der Waals surface area contributed by atoms with Crippen LogP contribution >= 0.6 is 12.4 Å². The second-order valence-corrected chi connectivity index (χ2v) is 2.94. The molecule has 14 heavy (non-hydrogen) atoms. The summed E-state index contributed by atoms with van der Waals surface area (Å²) < 4.78 is 5.29. The summed E-state index contributed by atoms with van der Waals surface area (Å²) in [6.07, 6.45) is 0. The molecule has 0 fully saturated rings. The zero-order valence-corrected chi connectivity index (χ0v) is 8.74. The fourth-order valence-corrected chi connectivity index (χ4v) is 0.955. The van der Waals surface area contributed by atoms with E-state index in [0.717, 1.165) is 5.56 Å². The van der Waals surface area contributed by atoms with Crippen molar-refractivity contribution < 1.29 is 9.84 Å². The van der Waals surface area contributed by atoms with Crippen LogP contribution in [0.2, 0.25) is 0 Å². The lowest BCUT2D eigenvalue weighted by Crippen LogP contribution is -2.29. The van der Waals surface area contributed by atoms with E-state index >= 15 is 0 Å². The van der Waals surface area contributed by atoms with Crippen LogP contribution in [-0.4, -0.2) is 24.4 Å². The van der Waals surface area contributed by atoms with Gasteiger partial charge in [0.15, 0.2) is 0 Å². The zero-order valence-electron chi connectivity index (χ0n) is 7.93. The van der Waals surface area contributed by atoms with Crippen LogP contribution in [0.5, 0.6) is 0 Å². The van der Waals surface area contributed by atoms with E-state index in [9.17, 15) is 0 Å². The topological polar surface area (TPSA) is 55.5 Å². The van der Waals surface area contributed by atoms with Crippen molar-refractivity contribution in [2.75, 3.05) is 13.2 Å². The SMILES string of the molecule is Cl.N[C@@H](CO)COCc1ccccc1. The molecule has 0 amide bonds. The van der Waals surface area contributed by atoms with Crippen LogP contribution in [0.15, 0.2) is 30.3 Å². The van der Waals surface area contributed by atoms with E-state index in [4.69, 9.17) is 15.6 Å². The van der Waals surface area contributed by atoms with Crippen LogP contribution in [0.4, 0.5) is 0 Å². The molecular formula is C10H16ClNO2. The predicted octanol–water partition coefficient (Wildman–Crippen LogP) is 0.945. The number of rotatable bonds is 5. The molecule has 0 aliphatic carbocycles. The van der Waals surface area contributed by atoms with E-state index in [0.29, 0.717) is 13.2 Å². The fourth-order valence-electron chi connectivity index (χ4n) is 0.955. The summed E-state index contributed by atoms with van der Waals surface area (Å²) in [6.45, 7) is 0.911. The molecule has 80 valence electrons.